The molecule has 1 saturated carbocycles. The van der Waals surface area contributed by atoms with Gasteiger partial charge in [-0.2, -0.15) is 0 Å². The van der Waals surface area contributed by atoms with E-state index in [0.29, 0.717) is 22.8 Å². The highest BCUT2D eigenvalue weighted by molar-refractivity contribution is 7.99. The second-order valence-electron chi connectivity index (χ2n) is 6.97. The molecule has 148 valence electrons. The van der Waals surface area contributed by atoms with Gasteiger partial charge in [-0.15, -0.1) is 31.7 Å². The standard InChI is InChI=1S/C20H18ClN5OS2/c1-12(18-23-24-19(27-18)13-4-2-5-14(21)10-13)29-20-25-22-17(26(20)15-7-8-15)11-16-6-3-9-28-16/h2-6,9-10,12,15H,7-8,11H2,1H3/t12-/m1/s1. The molecule has 0 spiro atoms. The van der Waals surface area contributed by atoms with Crippen molar-refractivity contribution in [3.05, 3.63) is 63.4 Å². The van der Waals surface area contributed by atoms with Crippen LogP contribution >= 0.6 is 34.7 Å². The van der Waals surface area contributed by atoms with Crippen LogP contribution in [0.15, 0.2) is 51.4 Å². The maximum Gasteiger partial charge on any atom is 0.247 e. The van der Waals surface area contributed by atoms with Gasteiger partial charge >= 0.3 is 0 Å². The fourth-order valence-electron chi connectivity index (χ4n) is 3.12. The Labute approximate surface area is 181 Å². The normalized spacial score (nSPS) is 15.0. The van der Waals surface area contributed by atoms with Crippen molar-refractivity contribution < 1.29 is 4.42 Å². The molecular weight excluding hydrogens is 426 g/mol. The van der Waals surface area contributed by atoms with Crippen LogP contribution in [0.25, 0.3) is 11.5 Å². The summed E-state index contributed by atoms with van der Waals surface area (Å²) in [6.07, 6.45) is 3.17. The third kappa shape index (κ3) is 4.10. The Balaban J connectivity index is 1.36. The molecule has 1 aliphatic carbocycles. The molecule has 0 saturated heterocycles. The largest absolute Gasteiger partial charge is 0.419 e. The van der Waals surface area contributed by atoms with E-state index in [1.54, 1.807) is 23.1 Å². The van der Waals surface area contributed by atoms with E-state index in [2.05, 4.69) is 42.5 Å². The van der Waals surface area contributed by atoms with Crippen LogP contribution in [0, 0.1) is 0 Å². The summed E-state index contributed by atoms with van der Waals surface area (Å²) >= 11 is 9.42. The van der Waals surface area contributed by atoms with E-state index in [4.69, 9.17) is 16.0 Å². The summed E-state index contributed by atoms with van der Waals surface area (Å²) < 4.78 is 8.20. The van der Waals surface area contributed by atoms with Gasteiger partial charge in [0.1, 0.15) is 5.82 Å². The minimum absolute atomic E-state index is 0.0354. The fourth-order valence-corrected chi connectivity index (χ4v) is 4.98. The zero-order valence-corrected chi connectivity index (χ0v) is 18.0. The average molecular weight is 444 g/mol. The molecule has 3 aromatic heterocycles. The number of rotatable bonds is 7. The van der Waals surface area contributed by atoms with Crippen LogP contribution in [0.5, 0.6) is 0 Å². The highest BCUT2D eigenvalue weighted by atomic mass is 35.5. The van der Waals surface area contributed by atoms with Crippen molar-refractivity contribution in [2.75, 3.05) is 0 Å². The molecular formula is C20H18ClN5OS2. The lowest BCUT2D eigenvalue weighted by Gasteiger charge is -2.10. The highest BCUT2D eigenvalue weighted by Gasteiger charge is 2.31. The van der Waals surface area contributed by atoms with Gasteiger partial charge in [-0.3, -0.25) is 0 Å². The molecule has 4 aromatic rings. The molecule has 0 N–H and O–H groups in total. The first-order valence-electron chi connectivity index (χ1n) is 9.39. The molecule has 3 heterocycles. The van der Waals surface area contributed by atoms with Crippen LogP contribution in [0.3, 0.4) is 0 Å². The van der Waals surface area contributed by atoms with Crippen LogP contribution in [0.1, 0.15) is 47.6 Å². The van der Waals surface area contributed by atoms with E-state index in [1.807, 2.05) is 31.2 Å². The van der Waals surface area contributed by atoms with Crippen LogP contribution in [-0.4, -0.2) is 25.0 Å². The number of hydrogen-bond acceptors (Lipinski definition) is 7. The Kier molecular flexibility index (Phi) is 5.15. The minimum Gasteiger partial charge on any atom is -0.419 e. The van der Waals surface area contributed by atoms with Gasteiger partial charge in [0.15, 0.2) is 5.16 Å². The summed E-state index contributed by atoms with van der Waals surface area (Å²) in [7, 11) is 0. The molecule has 0 amide bonds. The van der Waals surface area contributed by atoms with Gasteiger partial charge in [-0.25, -0.2) is 0 Å². The van der Waals surface area contributed by atoms with Gasteiger partial charge < -0.3 is 8.98 Å². The number of thioether (sulfide) groups is 1. The lowest BCUT2D eigenvalue weighted by Crippen LogP contribution is -2.04. The molecule has 1 aromatic carbocycles. The van der Waals surface area contributed by atoms with Gasteiger partial charge in [-0.05, 0) is 49.4 Å². The number of aromatic nitrogens is 5. The Bertz CT molecular complexity index is 1120. The fraction of sp³-hybridized carbons (Fsp3) is 0.300. The minimum atomic E-state index is -0.0354. The molecule has 29 heavy (non-hydrogen) atoms. The second kappa shape index (κ2) is 7.93. The molecule has 9 heteroatoms. The molecule has 1 aliphatic rings. The Morgan fingerprint density at radius 1 is 1.21 bits per heavy atom. The molecule has 0 bridgehead atoms. The van der Waals surface area contributed by atoms with Crippen molar-refractivity contribution in [2.45, 2.75) is 42.6 Å². The smallest absolute Gasteiger partial charge is 0.247 e. The number of benzene rings is 1. The molecule has 0 radical (unpaired) electrons. The van der Waals surface area contributed by atoms with Gasteiger partial charge in [0.2, 0.25) is 11.8 Å². The monoisotopic (exact) mass is 443 g/mol. The summed E-state index contributed by atoms with van der Waals surface area (Å²) in [5.41, 5.74) is 0.813. The zero-order valence-electron chi connectivity index (χ0n) is 15.7. The second-order valence-corrected chi connectivity index (χ2v) is 9.75. The van der Waals surface area contributed by atoms with E-state index < -0.39 is 0 Å². The predicted molar refractivity (Wildman–Crippen MR) is 114 cm³/mol. The SMILES string of the molecule is C[C@@H](Sc1nnc(Cc2cccs2)n1C1CC1)c1nnc(-c2cccc(Cl)c2)o1. The highest BCUT2D eigenvalue weighted by Crippen LogP contribution is 2.42. The van der Waals surface area contributed by atoms with E-state index in [9.17, 15) is 0 Å². The molecule has 6 nitrogen and oxygen atoms in total. The first-order valence-corrected chi connectivity index (χ1v) is 11.5. The molecule has 1 atom stereocenters. The zero-order chi connectivity index (χ0) is 19.8. The summed E-state index contributed by atoms with van der Waals surface area (Å²) in [6, 6.07) is 12.1. The summed E-state index contributed by atoms with van der Waals surface area (Å²) in [5, 5.41) is 21.0. The lowest BCUT2D eigenvalue weighted by molar-refractivity contribution is 0.508. The third-order valence-electron chi connectivity index (χ3n) is 4.70. The van der Waals surface area contributed by atoms with Crippen LogP contribution in [0.2, 0.25) is 5.02 Å². The van der Waals surface area contributed by atoms with Crippen molar-refractivity contribution in [1.29, 1.82) is 0 Å². The topological polar surface area (TPSA) is 69.6 Å². The molecule has 0 unspecified atom stereocenters. The van der Waals surface area contributed by atoms with Gasteiger partial charge in [0, 0.05) is 27.9 Å². The van der Waals surface area contributed by atoms with Gasteiger partial charge in [0.25, 0.3) is 0 Å². The van der Waals surface area contributed by atoms with Crippen LogP contribution < -0.4 is 0 Å². The van der Waals surface area contributed by atoms with Crippen molar-refractivity contribution >= 4 is 34.7 Å². The number of hydrogen-bond donors (Lipinski definition) is 0. The first-order chi connectivity index (χ1) is 14.2. The predicted octanol–water partition coefficient (Wildman–Crippen LogP) is 5.82. The number of thiophene rings is 1. The van der Waals surface area contributed by atoms with Crippen molar-refractivity contribution in [3.63, 3.8) is 0 Å². The Morgan fingerprint density at radius 2 is 2.10 bits per heavy atom. The van der Waals surface area contributed by atoms with Gasteiger partial charge in [-0.1, -0.05) is 35.5 Å². The van der Waals surface area contributed by atoms with Crippen molar-refractivity contribution in [2.24, 2.45) is 0 Å². The van der Waals surface area contributed by atoms with Gasteiger partial charge in [0.05, 0.1) is 5.25 Å². The Morgan fingerprint density at radius 3 is 2.86 bits per heavy atom. The quantitative estimate of drug-likeness (QED) is 0.335. The van der Waals surface area contributed by atoms with E-state index in [1.165, 1.54) is 17.7 Å². The van der Waals surface area contributed by atoms with Crippen molar-refractivity contribution in [1.82, 2.24) is 25.0 Å². The summed E-state index contributed by atoms with van der Waals surface area (Å²) in [5.74, 6) is 2.06. The number of halogens is 1. The third-order valence-corrected chi connectivity index (χ3v) is 6.86. The van der Waals surface area contributed by atoms with E-state index in [-0.39, 0.29) is 5.25 Å². The molecule has 0 aliphatic heterocycles. The average Bonchev–Trinajstić information content (AvgIpc) is 3.13. The Hall–Kier alpha value is -2.16. The summed E-state index contributed by atoms with van der Waals surface area (Å²) in [6.45, 7) is 2.05. The van der Waals surface area contributed by atoms with E-state index >= 15 is 0 Å². The molecule has 1 fully saturated rings. The number of nitrogens with zero attached hydrogens (tertiary/aromatic N) is 5. The van der Waals surface area contributed by atoms with Crippen molar-refractivity contribution in [3.8, 4) is 11.5 Å². The molecule has 5 rings (SSSR count). The lowest BCUT2D eigenvalue weighted by atomic mass is 10.2. The maximum atomic E-state index is 6.07. The van der Waals surface area contributed by atoms with Crippen LogP contribution in [-0.2, 0) is 6.42 Å². The first kappa shape index (κ1) is 18.8. The van der Waals surface area contributed by atoms with Crippen LogP contribution in [0.4, 0.5) is 0 Å². The van der Waals surface area contributed by atoms with E-state index in [0.717, 1.165) is 23.0 Å². The maximum absolute atomic E-state index is 6.07. The summed E-state index contributed by atoms with van der Waals surface area (Å²) in [4.78, 5) is 1.30.